The molecule has 0 bridgehead atoms. The second-order valence-corrected chi connectivity index (χ2v) is 6.13. The molecular weight excluding hydrogens is 204 g/mol. The van der Waals surface area contributed by atoms with Gasteiger partial charge in [0.2, 0.25) is 0 Å². The SMILES string of the molecule is C=C(C)[C@@]1(C)CCC(CCC=C(C)C)=C[C@H]1C. The molecule has 1 aliphatic carbocycles. The number of allylic oxidation sites excluding steroid dienone is 5. The van der Waals surface area contributed by atoms with Gasteiger partial charge in [0.25, 0.3) is 0 Å². The van der Waals surface area contributed by atoms with Crippen molar-refractivity contribution in [3.05, 3.63) is 35.5 Å². The van der Waals surface area contributed by atoms with Crippen molar-refractivity contribution in [3.63, 3.8) is 0 Å². The van der Waals surface area contributed by atoms with Crippen LogP contribution in [0, 0.1) is 11.3 Å². The van der Waals surface area contributed by atoms with E-state index in [1.807, 2.05) is 0 Å². The van der Waals surface area contributed by atoms with Crippen molar-refractivity contribution in [2.45, 2.75) is 60.3 Å². The van der Waals surface area contributed by atoms with Gasteiger partial charge in [0.05, 0.1) is 0 Å². The minimum absolute atomic E-state index is 0.319. The van der Waals surface area contributed by atoms with Crippen molar-refractivity contribution in [1.29, 1.82) is 0 Å². The lowest BCUT2D eigenvalue weighted by Gasteiger charge is -2.39. The fraction of sp³-hybridized carbons (Fsp3) is 0.647. The van der Waals surface area contributed by atoms with E-state index in [1.54, 1.807) is 5.57 Å². The van der Waals surface area contributed by atoms with Gasteiger partial charge in [-0.05, 0) is 57.8 Å². The summed E-state index contributed by atoms with van der Waals surface area (Å²) < 4.78 is 0. The summed E-state index contributed by atoms with van der Waals surface area (Å²) in [4.78, 5) is 0. The van der Waals surface area contributed by atoms with Crippen LogP contribution in [0.15, 0.2) is 35.5 Å². The Balaban J connectivity index is 2.63. The monoisotopic (exact) mass is 232 g/mol. The van der Waals surface area contributed by atoms with Gasteiger partial charge in [0.1, 0.15) is 0 Å². The Morgan fingerprint density at radius 2 is 2.12 bits per heavy atom. The Bertz CT molecular complexity index is 339. The largest absolute Gasteiger partial charge is 0.0996 e. The van der Waals surface area contributed by atoms with Crippen LogP contribution in [0.1, 0.15) is 60.3 Å². The van der Waals surface area contributed by atoms with Gasteiger partial charge < -0.3 is 0 Å². The summed E-state index contributed by atoms with van der Waals surface area (Å²) in [6.07, 6.45) is 9.80. The maximum atomic E-state index is 4.17. The third kappa shape index (κ3) is 3.59. The van der Waals surface area contributed by atoms with Crippen molar-refractivity contribution in [2.75, 3.05) is 0 Å². The lowest BCUT2D eigenvalue weighted by molar-refractivity contribution is 0.264. The highest BCUT2D eigenvalue weighted by Crippen LogP contribution is 2.45. The molecule has 0 heteroatoms. The zero-order valence-corrected chi connectivity index (χ0v) is 12.3. The third-order valence-electron chi connectivity index (χ3n) is 4.45. The summed E-state index contributed by atoms with van der Waals surface area (Å²) in [5.74, 6) is 0.635. The van der Waals surface area contributed by atoms with Gasteiger partial charge >= 0.3 is 0 Å². The van der Waals surface area contributed by atoms with Crippen molar-refractivity contribution >= 4 is 0 Å². The number of rotatable bonds is 4. The molecule has 0 fully saturated rings. The molecule has 0 radical (unpaired) electrons. The third-order valence-corrected chi connectivity index (χ3v) is 4.45. The summed E-state index contributed by atoms with van der Waals surface area (Å²) >= 11 is 0. The standard InChI is InChI=1S/C17H28/c1-13(2)8-7-9-16-10-11-17(6,14(3)4)15(5)12-16/h8,12,15H,3,7,9-11H2,1-2,4-6H3/t15-,17-/m1/s1. The van der Waals surface area contributed by atoms with Crippen molar-refractivity contribution in [1.82, 2.24) is 0 Å². The lowest BCUT2D eigenvalue weighted by atomic mass is 9.66. The summed E-state index contributed by atoms with van der Waals surface area (Å²) in [6.45, 7) is 15.4. The van der Waals surface area contributed by atoms with E-state index in [-0.39, 0.29) is 0 Å². The second kappa shape index (κ2) is 5.71. The van der Waals surface area contributed by atoms with Crippen molar-refractivity contribution < 1.29 is 0 Å². The molecule has 0 unspecified atom stereocenters. The summed E-state index contributed by atoms with van der Waals surface area (Å²) in [5, 5.41) is 0. The maximum absolute atomic E-state index is 4.17. The molecule has 1 rings (SSSR count). The van der Waals surface area contributed by atoms with E-state index in [0.29, 0.717) is 11.3 Å². The average Bonchev–Trinajstić information content (AvgIpc) is 2.22. The predicted molar refractivity (Wildman–Crippen MR) is 78.1 cm³/mol. The predicted octanol–water partition coefficient (Wildman–Crippen LogP) is 5.67. The van der Waals surface area contributed by atoms with Crippen LogP contribution in [-0.4, -0.2) is 0 Å². The number of hydrogen-bond acceptors (Lipinski definition) is 0. The van der Waals surface area contributed by atoms with E-state index >= 15 is 0 Å². The van der Waals surface area contributed by atoms with Gasteiger partial charge in [-0.2, -0.15) is 0 Å². The molecule has 0 saturated heterocycles. The second-order valence-electron chi connectivity index (χ2n) is 6.13. The van der Waals surface area contributed by atoms with Gasteiger partial charge in [-0.15, -0.1) is 0 Å². The molecular formula is C17H28. The molecule has 0 saturated carbocycles. The molecule has 0 spiro atoms. The van der Waals surface area contributed by atoms with Gasteiger partial charge in [-0.25, -0.2) is 0 Å². The molecule has 0 nitrogen and oxygen atoms in total. The van der Waals surface area contributed by atoms with Crippen LogP contribution in [0.5, 0.6) is 0 Å². The Kier molecular flexibility index (Phi) is 4.80. The van der Waals surface area contributed by atoms with Crippen LogP contribution >= 0.6 is 0 Å². The first kappa shape index (κ1) is 14.3. The molecule has 0 heterocycles. The van der Waals surface area contributed by atoms with Crippen molar-refractivity contribution in [3.8, 4) is 0 Å². The maximum Gasteiger partial charge on any atom is -0.00586 e. The van der Waals surface area contributed by atoms with Gasteiger partial charge in [-0.3, -0.25) is 0 Å². The zero-order chi connectivity index (χ0) is 13.1. The van der Waals surface area contributed by atoms with Gasteiger partial charge in [-0.1, -0.05) is 49.3 Å². The quantitative estimate of drug-likeness (QED) is 0.548. The summed E-state index contributed by atoms with van der Waals surface area (Å²) in [7, 11) is 0. The van der Waals surface area contributed by atoms with Gasteiger partial charge in [0, 0.05) is 0 Å². The molecule has 0 amide bonds. The molecule has 0 N–H and O–H groups in total. The van der Waals surface area contributed by atoms with E-state index < -0.39 is 0 Å². The highest BCUT2D eigenvalue weighted by Gasteiger charge is 2.33. The van der Waals surface area contributed by atoms with Crippen LogP contribution in [0.2, 0.25) is 0 Å². The summed E-state index contributed by atoms with van der Waals surface area (Å²) in [6, 6.07) is 0. The highest BCUT2D eigenvalue weighted by atomic mass is 14.4. The smallest absolute Gasteiger partial charge is 0.00586 e. The molecule has 0 aromatic heterocycles. The molecule has 2 atom stereocenters. The Morgan fingerprint density at radius 1 is 1.47 bits per heavy atom. The lowest BCUT2D eigenvalue weighted by Crippen LogP contribution is -2.28. The van der Waals surface area contributed by atoms with E-state index in [4.69, 9.17) is 0 Å². The van der Waals surface area contributed by atoms with Gasteiger partial charge in [0.15, 0.2) is 0 Å². The molecule has 0 aromatic rings. The first-order valence-electron chi connectivity index (χ1n) is 6.85. The van der Waals surface area contributed by atoms with Crippen LogP contribution in [0.4, 0.5) is 0 Å². The Labute approximate surface area is 108 Å². The van der Waals surface area contributed by atoms with E-state index in [2.05, 4.69) is 53.3 Å². The zero-order valence-electron chi connectivity index (χ0n) is 12.3. The molecule has 0 aliphatic heterocycles. The van der Waals surface area contributed by atoms with Crippen LogP contribution in [0.25, 0.3) is 0 Å². The highest BCUT2D eigenvalue weighted by molar-refractivity contribution is 5.20. The molecule has 17 heavy (non-hydrogen) atoms. The van der Waals surface area contributed by atoms with Crippen LogP contribution < -0.4 is 0 Å². The van der Waals surface area contributed by atoms with E-state index in [9.17, 15) is 0 Å². The molecule has 0 aromatic carbocycles. The number of hydrogen-bond donors (Lipinski definition) is 0. The Morgan fingerprint density at radius 3 is 2.59 bits per heavy atom. The Hall–Kier alpha value is -0.780. The van der Waals surface area contributed by atoms with E-state index in [0.717, 1.165) is 0 Å². The van der Waals surface area contributed by atoms with Crippen LogP contribution in [0.3, 0.4) is 0 Å². The van der Waals surface area contributed by atoms with Crippen LogP contribution in [-0.2, 0) is 0 Å². The molecule has 96 valence electrons. The normalized spacial score (nSPS) is 28.5. The van der Waals surface area contributed by atoms with Crippen molar-refractivity contribution in [2.24, 2.45) is 11.3 Å². The molecule has 1 aliphatic rings. The van der Waals surface area contributed by atoms with E-state index in [1.165, 1.54) is 36.8 Å². The summed E-state index contributed by atoms with van der Waals surface area (Å²) in [5.41, 5.74) is 4.74. The minimum atomic E-state index is 0.319. The fourth-order valence-electron chi connectivity index (χ4n) is 2.63. The average molecular weight is 232 g/mol. The topological polar surface area (TPSA) is 0 Å². The fourth-order valence-corrected chi connectivity index (χ4v) is 2.63. The first-order valence-corrected chi connectivity index (χ1v) is 6.85. The first-order chi connectivity index (χ1) is 7.86. The minimum Gasteiger partial charge on any atom is -0.0996 e.